The van der Waals surface area contributed by atoms with Crippen LogP contribution in [0.3, 0.4) is 0 Å². The highest BCUT2D eigenvalue weighted by Gasteiger charge is 2.19. The lowest BCUT2D eigenvalue weighted by molar-refractivity contribution is -0.115. The Morgan fingerprint density at radius 2 is 2.04 bits per heavy atom. The SMILES string of the molecule is C[C@@H](Nc1ccc2c(c1)CC(=O)N2)c1nnnn1-c1ccccc1. The van der Waals surface area contributed by atoms with Crippen molar-refractivity contribution in [3.05, 3.63) is 59.9 Å². The second-order valence-corrected chi connectivity index (χ2v) is 5.75. The third-order valence-corrected chi connectivity index (χ3v) is 4.00. The van der Waals surface area contributed by atoms with Crippen molar-refractivity contribution in [3.63, 3.8) is 0 Å². The maximum atomic E-state index is 11.5. The van der Waals surface area contributed by atoms with E-state index >= 15 is 0 Å². The van der Waals surface area contributed by atoms with Crippen LogP contribution in [0.2, 0.25) is 0 Å². The van der Waals surface area contributed by atoms with Gasteiger partial charge in [0.1, 0.15) is 0 Å². The molecule has 2 heterocycles. The second kappa shape index (κ2) is 5.77. The summed E-state index contributed by atoms with van der Waals surface area (Å²) in [4.78, 5) is 11.5. The lowest BCUT2D eigenvalue weighted by atomic mass is 10.1. The first-order valence-corrected chi connectivity index (χ1v) is 7.74. The first kappa shape index (κ1) is 14.4. The van der Waals surface area contributed by atoms with E-state index in [0.29, 0.717) is 6.42 Å². The van der Waals surface area contributed by atoms with E-state index in [1.165, 1.54) is 0 Å². The summed E-state index contributed by atoms with van der Waals surface area (Å²) in [5.74, 6) is 0.749. The number of nitrogens with zero attached hydrogens (tertiary/aromatic N) is 4. The number of benzene rings is 2. The van der Waals surface area contributed by atoms with Gasteiger partial charge in [-0.05, 0) is 53.2 Å². The Labute approximate surface area is 138 Å². The monoisotopic (exact) mass is 320 g/mol. The van der Waals surface area contributed by atoms with Gasteiger partial charge in [-0.25, -0.2) is 0 Å². The van der Waals surface area contributed by atoms with Gasteiger partial charge < -0.3 is 10.6 Å². The number of tetrazole rings is 1. The summed E-state index contributed by atoms with van der Waals surface area (Å²) in [7, 11) is 0. The molecule has 1 amide bonds. The molecule has 2 N–H and O–H groups in total. The molecule has 2 aromatic carbocycles. The van der Waals surface area contributed by atoms with Crippen LogP contribution in [0.5, 0.6) is 0 Å². The van der Waals surface area contributed by atoms with E-state index in [1.807, 2.05) is 55.5 Å². The number of carbonyl (C=O) groups is 1. The molecule has 1 aromatic heterocycles. The molecule has 3 aromatic rings. The predicted octanol–water partition coefficient (Wildman–Crippen LogP) is 2.33. The van der Waals surface area contributed by atoms with Gasteiger partial charge in [0.05, 0.1) is 18.2 Å². The van der Waals surface area contributed by atoms with E-state index in [1.54, 1.807) is 4.68 Å². The lowest BCUT2D eigenvalue weighted by Crippen LogP contribution is -2.13. The Balaban J connectivity index is 1.58. The molecule has 24 heavy (non-hydrogen) atoms. The highest BCUT2D eigenvalue weighted by Crippen LogP contribution is 2.28. The molecule has 0 aliphatic carbocycles. The molecule has 1 aliphatic rings. The third-order valence-electron chi connectivity index (χ3n) is 4.00. The van der Waals surface area contributed by atoms with Crippen LogP contribution in [-0.2, 0) is 11.2 Å². The van der Waals surface area contributed by atoms with Crippen LogP contribution in [0, 0.1) is 0 Å². The summed E-state index contributed by atoms with van der Waals surface area (Å²) in [6, 6.07) is 15.5. The zero-order valence-corrected chi connectivity index (χ0v) is 13.1. The first-order valence-electron chi connectivity index (χ1n) is 7.74. The maximum Gasteiger partial charge on any atom is 0.228 e. The number of fused-ring (bicyclic) bond motifs is 1. The number of amides is 1. The fourth-order valence-electron chi connectivity index (χ4n) is 2.85. The zero-order valence-electron chi connectivity index (χ0n) is 13.1. The van der Waals surface area contributed by atoms with E-state index in [2.05, 4.69) is 26.2 Å². The number of hydrogen-bond acceptors (Lipinski definition) is 5. The Hall–Kier alpha value is -3.22. The Kier molecular flexibility index (Phi) is 3.45. The van der Waals surface area contributed by atoms with Gasteiger partial charge in [0.25, 0.3) is 0 Å². The maximum absolute atomic E-state index is 11.5. The van der Waals surface area contributed by atoms with E-state index in [-0.39, 0.29) is 11.9 Å². The van der Waals surface area contributed by atoms with Crippen molar-refractivity contribution in [1.29, 1.82) is 0 Å². The van der Waals surface area contributed by atoms with Crippen molar-refractivity contribution in [3.8, 4) is 5.69 Å². The van der Waals surface area contributed by atoms with Crippen LogP contribution in [0.15, 0.2) is 48.5 Å². The predicted molar refractivity (Wildman–Crippen MR) is 90.0 cm³/mol. The van der Waals surface area contributed by atoms with Gasteiger partial charge in [0.2, 0.25) is 5.91 Å². The zero-order chi connectivity index (χ0) is 16.5. The number of carbonyl (C=O) groups excluding carboxylic acids is 1. The molecule has 0 bridgehead atoms. The van der Waals surface area contributed by atoms with E-state index < -0.39 is 0 Å². The first-order chi connectivity index (χ1) is 11.7. The summed E-state index contributed by atoms with van der Waals surface area (Å²) < 4.78 is 1.72. The van der Waals surface area contributed by atoms with Crippen molar-refractivity contribution in [2.45, 2.75) is 19.4 Å². The molecular formula is C17H16N6O. The molecule has 0 radical (unpaired) electrons. The van der Waals surface area contributed by atoms with Gasteiger partial charge >= 0.3 is 0 Å². The van der Waals surface area contributed by atoms with E-state index in [4.69, 9.17) is 0 Å². The van der Waals surface area contributed by atoms with Crippen LogP contribution in [0.1, 0.15) is 24.4 Å². The molecule has 0 saturated carbocycles. The molecule has 1 aliphatic heterocycles. The van der Waals surface area contributed by atoms with E-state index in [9.17, 15) is 4.79 Å². The molecule has 1 atom stereocenters. The van der Waals surface area contributed by atoms with Gasteiger partial charge in [-0.3, -0.25) is 4.79 Å². The Bertz CT molecular complexity index is 889. The minimum absolute atomic E-state index is 0.0308. The number of anilines is 2. The second-order valence-electron chi connectivity index (χ2n) is 5.75. The number of aromatic nitrogens is 4. The molecule has 0 unspecified atom stereocenters. The van der Waals surface area contributed by atoms with Crippen molar-refractivity contribution in [2.24, 2.45) is 0 Å². The molecular weight excluding hydrogens is 304 g/mol. The van der Waals surface area contributed by atoms with Gasteiger partial charge in [-0.1, -0.05) is 18.2 Å². The van der Waals surface area contributed by atoms with Crippen molar-refractivity contribution < 1.29 is 4.79 Å². The molecule has 0 fully saturated rings. The largest absolute Gasteiger partial charge is 0.375 e. The number of para-hydroxylation sites is 1. The van der Waals surface area contributed by atoms with Crippen LogP contribution in [0.25, 0.3) is 5.69 Å². The average Bonchev–Trinajstić information content (AvgIpc) is 3.21. The Morgan fingerprint density at radius 3 is 2.88 bits per heavy atom. The minimum Gasteiger partial charge on any atom is -0.375 e. The smallest absolute Gasteiger partial charge is 0.228 e. The number of hydrogen-bond donors (Lipinski definition) is 2. The average molecular weight is 320 g/mol. The van der Waals surface area contributed by atoms with Crippen molar-refractivity contribution in [2.75, 3.05) is 10.6 Å². The fraction of sp³-hybridized carbons (Fsp3) is 0.176. The highest BCUT2D eigenvalue weighted by atomic mass is 16.1. The fourth-order valence-corrected chi connectivity index (χ4v) is 2.85. The van der Waals surface area contributed by atoms with Crippen LogP contribution in [0.4, 0.5) is 11.4 Å². The highest BCUT2D eigenvalue weighted by molar-refractivity contribution is 5.99. The van der Waals surface area contributed by atoms with Crippen LogP contribution >= 0.6 is 0 Å². The van der Waals surface area contributed by atoms with E-state index in [0.717, 1.165) is 28.5 Å². The standard InChI is InChI=1S/C17H16N6O/c1-11(17-20-21-22-23(17)14-5-3-2-4-6-14)18-13-7-8-15-12(9-13)10-16(24)19-15/h2-9,11,18H,10H2,1H3,(H,19,24)/t11-/m1/s1. The normalized spacial score (nSPS) is 14.1. The van der Waals surface area contributed by atoms with Crippen LogP contribution in [-0.4, -0.2) is 26.1 Å². The molecule has 120 valence electrons. The van der Waals surface area contributed by atoms with Crippen molar-refractivity contribution >= 4 is 17.3 Å². The quantitative estimate of drug-likeness (QED) is 0.771. The van der Waals surface area contributed by atoms with Gasteiger partial charge in [0, 0.05) is 11.4 Å². The number of rotatable bonds is 4. The minimum atomic E-state index is -0.0941. The summed E-state index contributed by atoms with van der Waals surface area (Å²) >= 11 is 0. The topological polar surface area (TPSA) is 84.7 Å². The summed E-state index contributed by atoms with van der Waals surface area (Å²) in [6.45, 7) is 2.00. The van der Waals surface area contributed by atoms with Crippen LogP contribution < -0.4 is 10.6 Å². The third kappa shape index (κ3) is 2.60. The van der Waals surface area contributed by atoms with Gasteiger partial charge in [-0.15, -0.1) is 5.10 Å². The van der Waals surface area contributed by atoms with Gasteiger partial charge in [-0.2, -0.15) is 4.68 Å². The molecule has 7 nitrogen and oxygen atoms in total. The van der Waals surface area contributed by atoms with Crippen molar-refractivity contribution in [1.82, 2.24) is 20.2 Å². The summed E-state index contributed by atoms with van der Waals surface area (Å²) in [5.41, 5.74) is 3.72. The molecule has 7 heteroatoms. The molecule has 4 rings (SSSR count). The summed E-state index contributed by atoms with van der Waals surface area (Å²) in [5, 5.41) is 18.3. The molecule has 0 spiro atoms. The number of nitrogens with one attached hydrogen (secondary N) is 2. The summed E-state index contributed by atoms with van der Waals surface area (Å²) in [6.07, 6.45) is 0.418. The lowest BCUT2D eigenvalue weighted by Gasteiger charge is -2.15. The van der Waals surface area contributed by atoms with Gasteiger partial charge in [0.15, 0.2) is 5.82 Å². The molecule has 0 saturated heterocycles. The Morgan fingerprint density at radius 1 is 1.21 bits per heavy atom.